The van der Waals surface area contributed by atoms with E-state index in [9.17, 15) is 0 Å². The van der Waals surface area contributed by atoms with Crippen molar-refractivity contribution >= 4 is 27.3 Å². The number of halogens is 1. The summed E-state index contributed by atoms with van der Waals surface area (Å²) in [5.74, 6) is 6.69. The van der Waals surface area contributed by atoms with E-state index in [2.05, 4.69) is 37.8 Å². The molecule has 3 N–H and O–H groups in total. The molecule has 0 saturated heterocycles. The zero-order valence-electron chi connectivity index (χ0n) is 9.56. The smallest absolute Gasteiger partial charge is 0.108 e. The van der Waals surface area contributed by atoms with E-state index in [0.717, 1.165) is 22.5 Å². The number of hydrogen-bond donors (Lipinski definition) is 2. The monoisotopic (exact) mass is 314 g/mol. The molecule has 1 atom stereocenters. The van der Waals surface area contributed by atoms with Gasteiger partial charge in [0.2, 0.25) is 0 Å². The molecule has 0 radical (unpaired) electrons. The quantitative estimate of drug-likeness (QED) is 0.658. The minimum atomic E-state index is 0.175. The second kappa shape index (κ2) is 5.77. The highest BCUT2D eigenvalue weighted by molar-refractivity contribution is 9.11. The molecule has 6 heteroatoms. The van der Waals surface area contributed by atoms with Gasteiger partial charge >= 0.3 is 0 Å². The van der Waals surface area contributed by atoms with Gasteiger partial charge in [0.15, 0.2) is 0 Å². The van der Waals surface area contributed by atoms with Crippen molar-refractivity contribution in [2.24, 2.45) is 12.9 Å². The Kier molecular flexibility index (Phi) is 4.33. The second-order valence-electron chi connectivity index (χ2n) is 3.90. The van der Waals surface area contributed by atoms with Gasteiger partial charge in [-0.15, -0.1) is 11.3 Å². The summed E-state index contributed by atoms with van der Waals surface area (Å²) in [5.41, 5.74) is 4.08. The summed E-state index contributed by atoms with van der Waals surface area (Å²) in [6.45, 7) is 0. The Balaban J connectivity index is 1.99. The highest BCUT2D eigenvalue weighted by Crippen LogP contribution is 2.27. The number of hydrazine groups is 1. The van der Waals surface area contributed by atoms with Crippen molar-refractivity contribution in [2.75, 3.05) is 0 Å². The van der Waals surface area contributed by atoms with Crippen LogP contribution in [0.5, 0.6) is 0 Å². The van der Waals surface area contributed by atoms with Crippen LogP contribution < -0.4 is 11.3 Å². The topological polar surface area (TPSA) is 55.9 Å². The Morgan fingerprint density at radius 3 is 3.00 bits per heavy atom. The van der Waals surface area contributed by atoms with Gasteiger partial charge in [-0.2, -0.15) is 0 Å². The summed E-state index contributed by atoms with van der Waals surface area (Å²) in [6.07, 6.45) is 5.62. The fourth-order valence-corrected chi connectivity index (χ4v) is 2.99. The molecule has 0 aromatic carbocycles. The van der Waals surface area contributed by atoms with E-state index in [-0.39, 0.29) is 6.04 Å². The summed E-state index contributed by atoms with van der Waals surface area (Å²) in [5, 5.41) is 2.12. The molecule has 0 spiro atoms. The highest BCUT2D eigenvalue weighted by atomic mass is 79.9. The van der Waals surface area contributed by atoms with E-state index in [1.165, 1.54) is 5.56 Å². The van der Waals surface area contributed by atoms with Gasteiger partial charge in [0, 0.05) is 31.9 Å². The maximum atomic E-state index is 5.60. The number of nitrogens with one attached hydrogen (secondary N) is 1. The van der Waals surface area contributed by atoms with Crippen LogP contribution in [-0.2, 0) is 13.5 Å². The summed E-state index contributed by atoms with van der Waals surface area (Å²) < 4.78 is 3.17. The Bertz CT molecular complexity index is 479. The van der Waals surface area contributed by atoms with Gasteiger partial charge in [-0.05, 0) is 39.4 Å². The first-order valence-corrected chi connectivity index (χ1v) is 7.04. The average Bonchev–Trinajstić information content (AvgIpc) is 2.90. The molecule has 2 aromatic heterocycles. The largest absolute Gasteiger partial charge is 0.338 e. The number of aryl methyl sites for hydroxylation is 2. The van der Waals surface area contributed by atoms with Crippen molar-refractivity contribution in [1.82, 2.24) is 15.0 Å². The third-order valence-electron chi connectivity index (χ3n) is 2.77. The highest BCUT2D eigenvalue weighted by Gasteiger charge is 2.12. The number of aromatic nitrogens is 2. The van der Waals surface area contributed by atoms with Crippen molar-refractivity contribution < 1.29 is 0 Å². The maximum Gasteiger partial charge on any atom is 0.108 e. The Hall–Kier alpha value is -0.690. The van der Waals surface area contributed by atoms with Crippen LogP contribution in [0.25, 0.3) is 0 Å². The first-order valence-electron chi connectivity index (χ1n) is 5.37. The fourth-order valence-electron chi connectivity index (χ4n) is 1.76. The van der Waals surface area contributed by atoms with Gasteiger partial charge < -0.3 is 4.57 Å². The molecule has 0 aliphatic heterocycles. The van der Waals surface area contributed by atoms with Crippen LogP contribution in [0.3, 0.4) is 0 Å². The normalized spacial score (nSPS) is 12.9. The first kappa shape index (κ1) is 12.8. The molecule has 0 bridgehead atoms. The van der Waals surface area contributed by atoms with Crippen LogP contribution in [0.15, 0.2) is 27.6 Å². The van der Waals surface area contributed by atoms with E-state index in [1.54, 1.807) is 11.3 Å². The van der Waals surface area contributed by atoms with Crippen LogP contribution >= 0.6 is 27.3 Å². The zero-order chi connectivity index (χ0) is 12.3. The molecule has 1 unspecified atom stereocenters. The van der Waals surface area contributed by atoms with Crippen molar-refractivity contribution in [3.8, 4) is 0 Å². The molecule has 0 aliphatic carbocycles. The lowest BCUT2D eigenvalue weighted by Gasteiger charge is -2.14. The summed E-state index contributed by atoms with van der Waals surface area (Å²) in [4.78, 5) is 4.31. The molecule has 0 fully saturated rings. The van der Waals surface area contributed by atoms with E-state index in [4.69, 9.17) is 5.84 Å². The lowest BCUT2D eigenvalue weighted by molar-refractivity contribution is 0.507. The van der Waals surface area contributed by atoms with E-state index < -0.39 is 0 Å². The average molecular weight is 315 g/mol. The van der Waals surface area contributed by atoms with E-state index >= 15 is 0 Å². The van der Waals surface area contributed by atoms with Crippen LogP contribution in [0, 0.1) is 0 Å². The summed E-state index contributed by atoms with van der Waals surface area (Å²) >= 11 is 5.14. The fraction of sp³-hybridized carbons (Fsp3) is 0.364. The molecule has 0 aliphatic rings. The molecule has 0 amide bonds. The van der Waals surface area contributed by atoms with Crippen LogP contribution in [0.4, 0.5) is 0 Å². The molecule has 92 valence electrons. The molecule has 2 aromatic rings. The first-order chi connectivity index (χ1) is 8.20. The van der Waals surface area contributed by atoms with Gasteiger partial charge in [0.25, 0.3) is 0 Å². The standard InChI is InChI=1S/C11H15BrN4S/c1-16-5-4-14-11(16)3-2-9(15-13)8-6-10(12)17-7-8/h4-7,9,15H,2-3,13H2,1H3. The molecule has 0 saturated carbocycles. The minimum absolute atomic E-state index is 0.175. The lowest BCUT2D eigenvalue weighted by Crippen LogP contribution is -2.28. The number of rotatable bonds is 5. The second-order valence-corrected chi connectivity index (χ2v) is 6.19. The SMILES string of the molecule is Cn1ccnc1CCC(NN)c1csc(Br)c1. The third kappa shape index (κ3) is 3.16. The maximum absolute atomic E-state index is 5.60. The lowest BCUT2D eigenvalue weighted by atomic mass is 10.1. The number of imidazole rings is 1. The van der Waals surface area contributed by atoms with Crippen molar-refractivity contribution in [3.63, 3.8) is 0 Å². The van der Waals surface area contributed by atoms with Gasteiger partial charge in [0.05, 0.1) is 3.79 Å². The third-order valence-corrected chi connectivity index (χ3v) is 4.29. The van der Waals surface area contributed by atoms with Crippen LogP contribution in [0.2, 0.25) is 0 Å². The Labute approximate surface area is 113 Å². The van der Waals surface area contributed by atoms with Crippen LogP contribution in [-0.4, -0.2) is 9.55 Å². The van der Waals surface area contributed by atoms with Crippen molar-refractivity contribution in [1.29, 1.82) is 0 Å². The molecule has 2 heterocycles. The zero-order valence-corrected chi connectivity index (χ0v) is 12.0. The molecular formula is C11H15BrN4S. The molecule has 4 nitrogen and oxygen atoms in total. The summed E-state index contributed by atoms with van der Waals surface area (Å²) in [7, 11) is 2.01. The van der Waals surface area contributed by atoms with Gasteiger partial charge in [-0.25, -0.2) is 4.98 Å². The predicted molar refractivity (Wildman–Crippen MR) is 73.6 cm³/mol. The molecule has 17 heavy (non-hydrogen) atoms. The Morgan fingerprint density at radius 2 is 2.47 bits per heavy atom. The minimum Gasteiger partial charge on any atom is -0.338 e. The number of hydrogen-bond acceptors (Lipinski definition) is 4. The van der Waals surface area contributed by atoms with E-state index in [0.29, 0.717) is 0 Å². The van der Waals surface area contributed by atoms with E-state index in [1.807, 2.05) is 24.0 Å². The van der Waals surface area contributed by atoms with Gasteiger partial charge in [0.1, 0.15) is 5.82 Å². The van der Waals surface area contributed by atoms with Crippen molar-refractivity contribution in [3.05, 3.63) is 39.0 Å². The number of nitrogens with two attached hydrogens (primary N) is 1. The van der Waals surface area contributed by atoms with Gasteiger partial charge in [-0.3, -0.25) is 11.3 Å². The predicted octanol–water partition coefficient (Wildman–Crippen LogP) is 2.38. The number of nitrogens with zero attached hydrogens (tertiary/aromatic N) is 2. The van der Waals surface area contributed by atoms with Gasteiger partial charge in [-0.1, -0.05) is 0 Å². The number of thiophene rings is 1. The van der Waals surface area contributed by atoms with Crippen molar-refractivity contribution in [2.45, 2.75) is 18.9 Å². The molecular weight excluding hydrogens is 300 g/mol. The van der Waals surface area contributed by atoms with Crippen LogP contribution in [0.1, 0.15) is 23.9 Å². The molecule has 2 rings (SSSR count). The summed E-state index contributed by atoms with van der Waals surface area (Å²) in [6, 6.07) is 2.28. The Morgan fingerprint density at radius 1 is 1.65 bits per heavy atom.